The molecule has 0 radical (unpaired) electrons. The van der Waals surface area contributed by atoms with Gasteiger partial charge in [-0.3, -0.25) is 4.99 Å². The monoisotopic (exact) mass is 465 g/mol. The second-order valence-corrected chi connectivity index (χ2v) is 6.35. The zero-order valence-electron chi connectivity index (χ0n) is 14.6. The number of halogens is 2. The van der Waals surface area contributed by atoms with Crippen LogP contribution >= 0.6 is 35.6 Å². The fraction of sp³-hybridized carbons (Fsp3) is 0.647. The van der Waals surface area contributed by atoms with Crippen molar-refractivity contribution in [2.45, 2.75) is 45.1 Å². The van der Waals surface area contributed by atoms with Crippen molar-refractivity contribution in [1.82, 2.24) is 15.6 Å². The van der Waals surface area contributed by atoms with Crippen LogP contribution in [0.1, 0.15) is 39.0 Å². The van der Waals surface area contributed by atoms with Crippen molar-refractivity contribution in [3.63, 3.8) is 0 Å². The van der Waals surface area contributed by atoms with Crippen LogP contribution in [0.3, 0.4) is 0 Å². The van der Waals surface area contributed by atoms with Crippen LogP contribution in [0.2, 0.25) is 5.02 Å². The highest BCUT2D eigenvalue weighted by Gasteiger charge is 2.25. The summed E-state index contributed by atoms with van der Waals surface area (Å²) in [6.07, 6.45) is 7.88. The fourth-order valence-electron chi connectivity index (χ4n) is 2.83. The molecule has 0 saturated carbocycles. The molecule has 1 aliphatic rings. The Labute approximate surface area is 167 Å². The average molecular weight is 466 g/mol. The molecule has 1 unspecified atom stereocenters. The van der Waals surface area contributed by atoms with E-state index in [9.17, 15) is 0 Å². The summed E-state index contributed by atoms with van der Waals surface area (Å²) in [7, 11) is 1.82. The van der Waals surface area contributed by atoms with Crippen molar-refractivity contribution >= 4 is 47.4 Å². The minimum absolute atomic E-state index is 0. The summed E-state index contributed by atoms with van der Waals surface area (Å²) in [6.45, 7) is 5.06. The predicted molar refractivity (Wildman–Crippen MR) is 114 cm³/mol. The Kier molecular flexibility index (Phi) is 10.4. The van der Waals surface area contributed by atoms with Gasteiger partial charge in [-0.05, 0) is 25.0 Å². The van der Waals surface area contributed by atoms with Gasteiger partial charge in [0.1, 0.15) is 5.82 Å². The third-order valence-corrected chi connectivity index (χ3v) is 4.41. The Morgan fingerprint density at radius 1 is 1.42 bits per heavy atom. The largest absolute Gasteiger partial charge is 0.356 e. The molecule has 0 aliphatic carbocycles. The molecule has 2 rings (SSSR count). The van der Waals surface area contributed by atoms with E-state index in [-0.39, 0.29) is 24.0 Å². The highest BCUT2D eigenvalue weighted by atomic mass is 127. The Morgan fingerprint density at radius 2 is 2.25 bits per heavy atom. The number of guanidine groups is 1. The van der Waals surface area contributed by atoms with Gasteiger partial charge in [0, 0.05) is 38.9 Å². The number of nitrogens with one attached hydrogen (secondary N) is 2. The van der Waals surface area contributed by atoms with Crippen molar-refractivity contribution in [3.05, 3.63) is 23.4 Å². The van der Waals surface area contributed by atoms with E-state index in [1.165, 1.54) is 25.7 Å². The number of pyridine rings is 1. The summed E-state index contributed by atoms with van der Waals surface area (Å²) >= 11 is 6.23. The maximum atomic E-state index is 6.23. The normalized spacial score (nSPS) is 17.5. The summed E-state index contributed by atoms with van der Waals surface area (Å²) in [5, 5.41) is 7.62. The first-order valence-electron chi connectivity index (χ1n) is 8.57. The summed E-state index contributed by atoms with van der Waals surface area (Å²) < 4.78 is 0. The molecular weight excluding hydrogens is 437 g/mol. The maximum absolute atomic E-state index is 6.23. The van der Waals surface area contributed by atoms with Gasteiger partial charge < -0.3 is 15.5 Å². The van der Waals surface area contributed by atoms with Gasteiger partial charge in [-0.25, -0.2) is 4.98 Å². The van der Waals surface area contributed by atoms with Crippen LogP contribution < -0.4 is 15.5 Å². The number of anilines is 1. The van der Waals surface area contributed by atoms with Gasteiger partial charge in [0.2, 0.25) is 0 Å². The van der Waals surface area contributed by atoms with Crippen LogP contribution in [0.15, 0.2) is 23.3 Å². The lowest BCUT2D eigenvalue weighted by atomic mass is 10.2. The van der Waals surface area contributed by atoms with E-state index >= 15 is 0 Å². The Hall–Kier alpha value is -0.760. The zero-order valence-corrected chi connectivity index (χ0v) is 17.7. The van der Waals surface area contributed by atoms with Gasteiger partial charge in [-0.2, -0.15) is 0 Å². The van der Waals surface area contributed by atoms with E-state index < -0.39 is 0 Å². The SMILES string of the molecule is CCCCCCNC(=NC)NC1CCN(c2ncccc2Cl)C1.I. The molecular formula is C17H29ClIN5. The number of hydrogen-bond acceptors (Lipinski definition) is 3. The van der Waals surface area contributed by atoms with E-state index in [0.717, 1.165) is 37.8 Å². The van der Waals surface area contributed by atoms with E-state index in [2.05, 4.69) is 32.4 Å². The average Bonchev–Trinajstić information content (AvgIpc) is 3.02. The van der Waals surface area contributed by atoms with Crippen LogP contribution in [0.5, 0.6) is 0 Å². The zero-order chi connectivity index (χ0) is 16.5. The van der Waals surface area contributed by atoms with Gasteiger partial charge in [0.05, 0.1) is 5.02 Å². The summed E-state index contributed by atoms with van der Waals surface area (Å²) in [5.74, 6) is 1.77. The molecule has 1 fully saturated rings. The first-order chi connectivity index (χ1) is 11.2. The highest BCUT2D eigenvalue weighted by Crippen LogP contribution is 2.25. The Bertz CT molecular complexity index is 512. The molecule has 1 saturated heterocycles. The molecule has 24 heavy (non-hydrogen) atoms. The summed E-state index contributed by atoms with van der Waals surface area (Å²) in [4.78, 5) is 10.9. The lowest BCUT2D eigenvalue weighted by Crippen LogP contribution is -2.44. The van der Waals surface area contributed by atoms with E-state index in [1.807, 2.05) is 19.2 Å². The van der Waals surface area contributed by atoms with E-state index in [0.29, 0.717) is 11.1 Å². The second-order valence-electron chi connectivity index (χ2n) is 5.94. The minimum Gasteiger partial charge on any atom is -0.356 e. The van der Waals surface area contributed by atoms with E-state index in [1.54, 1.807) is 6.20 Å². The molecule has 1 aliphatic heterocycles. The molecule has 1 atom stereocenters. The molecule has 5 nitrogen and oxygen atoms in total. The van der Waals surface area contributed by atoms with Crippen molar-refractivity contribution in [2.24, 2.45) is 4.99 Å². The van der Waals surface area contributed by atoms with Crippen LogP contribution in [0.4, 0.5) is 5.82 Å². The quantitative estimate of drug-likeness (QED) is 0.279. The van der Waals surface area contributed by atoms with Crippen molar-refractivity contribution < 1.29 is 0 Å². The molecule has 0 bridgehead atoms. The van der Waals surface area contributed by atoms with Gasteiger partial charge in [0.25, 0.3) is 0 Å². The predicted octanol–water partition coefficient (Wildman–Crippen LogP) is 3.68. The maximum Gasteiger partial charge on any atom is 0.191 e. The lowest BCUT2D eigenvalue weighted by molar-refractivity contribution is 0.622. The van der Waals surface area contributed by atoms with Crippen molar-refractivity contribution in [3.8, 4) is 0 Å². The van der Waals surface area contributed by atoms with Crippen molar-refractivity contribution in [1.29, 1.82) is 0 Å². The Morgan fingerprint density at radius 3 is 2.96 bits per heavy atom. The van der Waals surface area contributed by atoms with Crippen LogP contribution in [0, 0.1) is 0 Å². The van der Waals surface area contributed by atoms with Gasteiger partial charge in [-0.15, -0.1) is 24.0 Å². The van der Waals surface area contributed by atoms with Crippen LogP contribution in [-0.4, -0.2) is 43.7 Å². The molecule has 1 aromatic heterocycles. The number of hydrogen-bond donors (Lipinski definition) is 2. The highest BCUT2D eigenvalue weighted by molar-refractivity contribution is 14.0. The number of rotatable bonds is 7. The first kappa shape index (κ1) is 21.3. The Balaban J connectivity index is 0.00000288. The molecule has 7 heteroatoms. The molecule has 2 heterocycles. The third-order valence-electron chi connectivity index (χ3n) is 4.11. The fourth-order valence-corrected chi connectivity index (χ4v) is 3.07. The number of unbranched alkanes of at least 4 members (excludes halogenated alkanes) is 3. The first-order valence-corrected chi connectivity index (χ1v) is 8.95. The minimum atomic E-state index is 0. The summed E-state index contributed by atoms with van der Waals surface area (Å²) in [5.41, 5.74) is 0. The van der Waals surface area contributed by atoms with Gasteiger partial charge in [0.15, 0.2) is 5.96 Å². The molecule has 2 N–H and O–H groups in total. The molecule has 0 aromatic carbocycles. The van der Waals surface area contributed by atoms with Crippen LogP contribution in [0.25, 0.3) is 0 Å². The van der Waals surface area contributed by atoms with E-state index in [4.69, 9.17) is 11.6 Å². The van der Waals surface area contributed by atoms with Crippen molar-refractivity contribution in [2.75, 3.05) is 31.6 Å². The molecule has 0 spiro atoms. The number of aromatic nitrogens is 1. The van der Waals surface area contributed by atoms with Gasteiger partial charge >= 0.3 is 0 Å². The molecule has 1 aromatic rings. The number of aliphatic imine (C=N–C) groups is 1. The smallest absolute Gasteiger partial charge is 0.191 e. The third kappa shape index (κ3) is 6.63. The van der Waals surface area contributed by atoms with Crippen LogP contribution in [-0.2, 0) is 0 Å². The van der Waals surface area contributed by atoms with Gasteiger partial charge in [-0.1, -0.05) is 37.8 Å². The standard InChI is InChI=1S/C17H28ClN5.HI/c1-3-4-5-6-10-21-17(19-2)22-14-9-12-23(13-14)16-15(18)8-7-11-20-16;/h7-8,11,14H,3-6,9-10,12-13H2,1-2H3,(H2,19,21,22);1H. The molecule has 0 amide bonds. The lowest BCUT2D eigenvalue weighted by Gasteiger charge is -2.20. The number of nitrogens with zero attached hydrogens (tertiary/aromatic N) is 3. The second kappa shape index (κ2) is 11.7. The topological polar surface area (TPSA) is 52.6 Å². The molecule has 136 valence electrons. The summed E-state index contributed by atoms with van der Waals surface area (Å²) in [6, 6.07) is 4.12.